The van der Waals surface area contributed by atoms with Gasteiger partial charge in [-0.05, 0) is 37.1 Å². The van der Waals surface area contributed by atoms with Crippen LogP contribution in [0.25, 0.3) is 0 Å². The molecule has 2 rings (SSSR count). The number of hydrogen-bond acceptors (Lipinski definition) is 4. The molecule has 0 atom stereocenters. The van der Waals surface area contributed by atoms with Crippen molar-refractivity contribution < 1.29 is 9.47 Å². The monoisotopic (exact) mass is 264 g/mol. The first kappa shape index (κ1) is 14.2. The zero-order valence-electron chi connectivity index (χ0n) is 11.9. The molecule has 4 heteroatoms. The number of benzene rings is 1. The summed E-state index contributed by atoms with van der Waals surface area (Å²) in [6.07, 6.45) is 2.24. The van der Waals surface area contributed by atoms with Crippen molar-refractivity contribution in [2.45, 2.75) is 12.8 Å². The summed E-state index contributed by atoms with van der Waals surface area (Å²) in [4.78, 5) is 2.52. The maximum atomic E-state index is 5.29. The quantitative estimate of drug-likeness (QED) is 0.845. The molecule has 1 aromatic rings. The van der Waals surface area contributed by atoms with Gasteiger partial charge in [0.15, 0.2) is 0 Å². The first-order valence-corrected chi connectivity index (χ1v) is 6.97. The van der Waals surface area contributed by atoms with Crippen LogP contribution in [0.5, 0.6) is 11.5 Å². The molecule has 0 aliphatic carbocycles. The molecule has 0 saturated carbocycles. The van der Waals surface area contributed by atoms with Crippen LogP contribution < -0.4 is 14.8 Å². The second-order valence-electron chi connectivity index (χ2n) is 4.92. The zero-order chi connectivity index (χ0) is 13.5. The standard InChI is InChI=1S/C15H24N2O2/c1-18-14-10-13(11-15(12-14)19-2)4-3-7-17-8-5-16-6-9-17/h10-12,16H,3-9H2,1-2H3. The molecule has 1 saturated heterocycles. The van der Waals surface area contributed by atoms with Crippen molar-refractivity contribution in [1.29, 1.82) is 0 Å². The SMILES string of the molecule is COc1cc(CCCN2CCNCC2)cc(OC)c1. The highest BCUT2D eigenvalue weighted by Gasteiger charge is 2.09. The summed E-state index contributed by atoms with van der Waals surface area (Å²) in [7, 11) is 3.39. The Labute approximate surface area is 115 Å². The topological polar surface area (TPSA) is 33.7 Å². The number of piperazine rings is 1. The maximum absolute atomic E-state index is 5.29. The molecule has 106 valence electrons. The Morgan fingerprint density at radius 1 is 1.05 bits per heavy atom. The summed E-state index contributed by atoms with van der Waals surface area (Å²) < 4.78 is 10.6. The smallest absolute Gasteiger partial charge is 0.122 e. The molecular weight excluding hydrogens is 240 g/mol. The average Bonchev–Trinajstić information content (AvgIpc) is 2.48. The molecule has 1 aliphatic heterocycles. The Hall–Kier alpha value is -1.26. The van der Waals surface area contributed by atoms with Crippen LogP contribution in [-0.4, -0.2) is 51.8 Å². The van der Waals surface area contributed by atoms with Crippen molar-refractivity contribution in [2.24, 2.45) is 0 Å². The van der Waals surface area contributed by atoms with Crippen molar-refractivity contribution in [2.75, 3.05) is 46.9 Å². The molecule has 0 aromatic heterocycles. The lowest BCUT2D eigenvalue weighted by molar-refractivity contribution is 0.238. The predicted octanol–water partition coefficient (Wildman–Crippen LogP) is 1.54. The van der Waals surface area contributed by atoms with Crippen LogP contribution >= 0.6 is 0 Å². The van der Waals surface area contributed by atoms with Gasteiger partial charge in [0.1, 0.15) is 11.5 Å². The molecule has 19 heavy (non-hydrogen) atoms. The minimum Gasteiger partial charge on any atom is -0.497 e. The van der Waals surface area contributed by atoms with Crippen LogP contribution in [0.4, 0.5) is 0 Å². The minimum atomic E-state index is 0.872. The second kappa shape index (κ2) is 7.36. The van der Waals surface area contributed by atoms with Crippen LogP contribution in [-0.2, 0) is 6.42 Å². The van der Waals surface area contributed by atoms with E-state index >= 15 is 0 Å². The molecule has 1 aromatic carbocycles. The fourth-order valence-electron chi connectivity index (χ4n) is 2.45. The van der Waals surface area contributed by atoms with Gasteiger partial charge >= 0.3 is 0 Å². The molecule has 4 nitrogen and oxygen atoms in total. The molecule has 0 unspecified atom stereocenters. The Bertz CT molecular complexity index is 367. The summed E-state index contributed by atoms with van der Waals surface area (Å²) in [6.45, 7) is 5.74. The number of ether oxygens (including phenoxy) is 2. The van der Waals surface area contributed by atoms with E-state index in [0.717, 1.165) is 31.0 Å². The maximum Gasteiger partial charge on any atom is 0.122 e. The Morgan fingerprint density at radius 2 is 1.68 bits per heavy atom. The van der Waals surface area contributed by atoms with E-state index in [1.807, 2.05) is 6.07 Å². The third-order valence-electron chi connectivity index (χ3n) is 3.56. The van der Waals surface area contributed by atoms with Gasteiger partial charge in [0, 0.05) is 32.2 Å². The number of nitrogens with zero attached hydrogens (tertiary/aromatic N) is 1. The van der Waals surface area contributed by atoms with E-state index < -0.39 is 0 Å². The number of aryl methyl sites for hydroxylation is 1. The third-order valence-corrected chi connectivity index (χ3v) is 3.56. The van der Waals surface area contributed by atoms with Crippen molar-refractivity contribution in [3.8, 4) is 11.5 Å². The van der Waals surface area contributed by atoms with E-state index in [2.05, 4.69) is 22.3 Å². The zero-order valence-corrected chi connectivity index (χ0v) is 11.9. The van der Waals surface area contributed by atoms with Gasteiger partial charge in [0.25, 0.3) is 0 Å². The van der Waals surface area contributed by atoms with Crippen LogP contribution in [0, 0.1) is 0 Å². The van der Waals surface area contributed by atoms with Crippen molar-refractivity contribution in [3.05, 3.63) is 23.8 Å². The first-order valence-electron chi connectivity index (χ1n) is 6.97. The second-order valence-corrected chi connectivity index (χ2v) is 4.92. The van der Waals surface area contributed by atoms with Gasteiger partial charge in [0.05, 0.1) is 14.2 Å². The van der Waals surface area contributed by atoms with E-state index in [4.69, 9.17) is 9.47 Å². The third kappa shape index (κ3) is 4.40. The van der Waals surface area contributed by atoms with Gasteiger partial charge < -0.3 is 19.7 Å². The summed E-state index contributed by atoms with van der Waals surface area (Å²) in [5, 5.41) is 3.38. The first-order chi connectivity index (χ1) is 9.31. The number of rotatable bonds is 6. The van der Waals surface area contributed by atoms with E-state index in [1.165, 1.54) is 31.6 Å². The highest BCUT2D eigenvalue weighted by Crippen LogP contribution is 2.23. The molecule has 0 bridgehead atoms. The van der Waals surface area contributed by atoms with E-state index in [-0.39, 0.29) is 0 Å². The van der Waals surface area contributed by atoms with Gasteiger partial charge in [-0.25, -0.2) is 0 Å². The van der Waals surface area contributed by atoms with Crippen molar-refractivity contribution >= 4 is 0 Å². The predicted molar refractivity (Wildman–Crippen MR) is 77.2 cm³/mol. The highest BCUT2D eigenvalue weighted by molar-refractivity contribution is 5.38. The van der Waals surface area contributed by atoms with Gasteiger partial charge in [-0.1, -0.05) is 0 Å². The van der Waals surface area contributed by atoms with Crippen molar-refractivity contribution in [3.63, 3.8) is 0 Å². The van der Waals surface area contributed by atoms with Gasteiger partial charge in [-0.2, -0.15) is 0 Å². The van der Waals surface area contributed by atoms with Crippen LogP contribution in [0.15, 0.2) is 18.2 Å². The van der Waals surface area contributed by atoms with Crippen LogP contribution in [0.2, 0.25) is 0 Å². The minimum absolute atomic E-state index is 0.872. The summed E-state index contributed by atoms with van der Waals surface area (Å²) in [6, 6.07) is 6.11. The lowest BCUT2D eigenvalue weighted by Crippen LogP contribution is -2.43. The molecular formula is C15H24N2O2. The van der Waals surface area contributed by atoms with Gasteiger partial charge in [-0.3, -0.25) is 0 Å². The Balaban J connectivity index is 1.84. The summed E-state index contributed by atoms with van der Waals surface area (Å²) in [5.74, 6) is 1.74. The fraction of sp³-hybridized carbons (Fsp3) is 0.600. The van der Waals surface area contributed by atoms with E-state index in [1.54, 1.807) is 14.2 Å². The summed E-state index contributed by atoms with van der Waals surface area (Å²) >= 11 is 0. The van der Waals surface area contributed by atoms with E-state index in [9.17, 15) is 0 Å². The molecule has 0 amide bonds. The molecule has 0 radical (unpaired) electrons. The number of methoxy groups -OCH3 is 2. The molecule has 1 heterocycles. The number of hydrogen-bond donors (Lipinski definition) is 1. The molecule has 1 N–H and O–H groups in total. The van der Waals surface area contributed by atoms with Gasteiger partial charge in [-0.15, -0.1) is 0 Å². The van der Waals surface area contributed by atoms with Gasteiger partial charge in [0.2, 0.25) is 0 Å². The normalized spacial score (nSPS) is 16.3. The van der Waals surface area contributed by atoms with Crippen molar-refractivity contribution in [1.82, 2.24) is 10.2 Å². The Kier molecular flexibility index (Phi) is 5.48. The Morgan fingerprint density at radius 3 is 2.26 bits per heavy atom. The number of nitrogens with one attached hydrogen (secondary N) is 1. The largest absolute Gasteiger partial charge is 0.497 e. The molecule has 1 fully saturated rings. The molecule has 0 spiro atoms. The van der Waals surface area contributed by atoms with Crippen LogP contribution in [0.1, 0.15) is 12.0 Å². The lowest BCUT2D eigenvalue weighted by atomic mass is 10.1. The van der Waals surface area contributed by atoms with E-state index in [0.29, 0.717) is 0 Å². The molecule has 1 aliphatic rings. The highest BCUT2D eigenvalue weighted by atomic mass is 16.5. The lowest BCUT2D eigenvalue weighted by Gasteiger charge is -2.27. The summed E-state index contributed by atoms with van der Waals surface area (Å²) in [5.41, 5.74) is 1.28. The van der Waals surface area contributed by atoms with Crippen LogP contribution in [0.3, 0.4) is 0 Å². The fourth-order valence-corrected chi connectivity index (χ4v) is 2.45. The average molecular weight is 264 g/mol.